The van der Waals surface area contributed by atoms with E-state index in [1.807, 2.05) is 6.92 Å². The van der Waals surface area contributed by atoms with E-state index in [1.165, 1.54) is 173 Å². The van der Waals surface area contributed by atoms with E-state index in [-0.39, 0.29) is 37.7 Å². The first-order valence-electron chi connectivity index (χ1n) is 28.8. The molecule has 0 aliphatic heterocycles. The Morgan fingerprint density at radius 2 is 0.485 bits per heavy atom. The summed E-state index contributed by atoms with van der Waals surface area (Å²) >= 11 is 0. The Labute approximate surface area is 410 Å². The highest BCUT2D eigenvalue weighted by Gasteiger charge is 2.34. The van der Waals surface area contributed by atoms with Gasteiger partial charge in [-0.3, -0.25) is 14.4 Å². The van der Waals surface area contributed by atoms with Gasteiger partial charge in [0, 0.05) is 19.3 Å². The zero-order valence-corrected chi connectivity index (χ0v) is 44.4. The second-order valence-corrected chi connectivity index (χ2v) is 19.8. The van der Waals surface area contributed by atoms with Crippen LogP contribution in [0.25, 0.3) is 0 Å². The standard InChI is InChI=1S/C60H110O6/c1-5-9-12-15-18-21-24-27-30-33-36-39-42-45-48-51-57(61)64-54-60(8-4,55-65-58(62)52-49-46-43-40-37-34-31-28-25-22-19-16-13-10-6-2)56-66-59(63)53-50-47-44-41-38-35-32-29-26-23-20-17-14-11-7-3/h27-32H,5-26,33-56H2,1-4H3/b30-27-,31-28-,32-29-. The number of hydrogen-bond donors (Lipinski definition) is 0. The Balaban J connectivity index is 4.62. The van der Waals surface area contributed by atoms with Crippen LogP contribution < -0.4 is 0 Å². The van der Waals surface area contributed by atoms with Crippen molar-refractivity contribution in [3.63, 3.8) is 0 Å². The normalized spacial score (nSPS) is 12.0. The molecule has 0 N–H and O–H groups in total. The lowest BCUT2D eigenvalue weighted by atomic mass is 9.88. The SMILES string of the molecule is CCCCCCCC/C=C\CCCCCCCC(=O)OCC(CC)(COC(=O)CCCCCCC/C=C\CCCCCCCC)COC(=O)CCCCCCC/C=C\CCCCCCCC. The first kappa shape index (κ1) is 63.6. The highest BCUT2D eigenvalue weighted by atomic mass is 16.6. The van der Waals surface area contributed by atoms with Crippen LogP contribution in [-0.2, 0) is 28.6 Å². The van der Waals surface area contributed by atoms with Gasteiger partial charge in [-0.1, -0.05) is 218 Å². The van der Waals surface area contributed by atoms with Crippen molar-refractivity contribution >= 4 is 17.9 Å². The van der Waals surface area contributed by atoms with Crippen molar-refractivity contribution in [1.29, 1.82) is 0 Å². The monoisotopic (exact) mass is 927 g/mol. The molecule has 0 aliphatic rings. The van der Waals surface area contributed by atoms with Crippen molar-refractivity contribution < 1.29 is 28.6 Å². The molecule has 0 fully saturated rings. The van der Waals surface area contributed by atoms with E-state index in [4.69, 9.17) is 14.2 Å². The topological polar surface area (TPSA) is 78.9 Å². The van der Waals surface area contributed by atoms with E-state index in [2.05, 4.69) is 57.2 Å². The van der Waals surface area contributed by atoms with Crippen molar-refractivity contribution in [2.75, 3.05) is 19.8 Å². The number of esters is 3. The third kappa shape index (κ3) is 46.7. The molecule has 0 amide bonds. The molecule has 386 valence electrons. The van der Waals surface area contributed by atoms with E-state index in [1.54, 1.807) is 0 Å². The van der Waals surface area contributed by atoms with E-state index in [0.717, 1.165) is 77.0 Å². The van der Waals surface area contributed by atoms with Crippen LogP contribution in [0.5, 0.6) is 0 Å². The second-order valence-electron chi connectivity index (χ2n) is 19.8. The minimum Gasteiger partial charge on any atom is -0.465 e. The van der Waals surface area contributed by atoms with Crippen molar-refractivity contribution in [2.45, 2.75) is 304 Å². The van der Waals surface area contributed by atoms with Gasteiger partial charge in [-0.05, 0) is 103 Å². The van der Waals surface area contributed by atoms with Gasteiger partial charge in [0.25, 0.3) is 0 Å². The van der Waals surface area contributed by atoms with Crippen LogP contribution >= 0.6 is 0 Å². The van der Waals surface area contributed by atoms with Gasteiger partial charge in [0.15, 0.2) is 0 Å². The van der Waals surface area contributed by atoms with E-state index >= 15 is 0 Å². The van der Waals surface area contributed by atoms with Crippen molar-refractivity contribution in [3.05, 3.63) is 36.5 Å². The smallest absolute Gasteiger partial charge is 0.305 e. The first-order chi connectivity index (χ1) is 32.4. The van der Waals surface area contributed by atoms with Crippen LogP contribution in [-0.4, -0.2) is 37.7 Å². The molecule has 0 aromatic heterocycles. The molecule has 0 saturated carbocycles. The molecule has 0 aromatic carbocycles. The third-order valence-electron chi connectivity index (χ3n) is 13.3. The van der Waals surface area contributed by atoms with E-state index in [0.29, 0.717) is 25.7 Å². The number of allylic oxidation sites excluding steroid dienone is 6. The minimum absolute atomic E-state index is 0.0782. The van der Waals surface area contributed by atoms with Gasteiger partial charge in [-0.15, -0.1) is 0 Å². The summed E-state index contributed by atoms with van der Waals surface area (Å²) in [5.74, 6) is -0.695. The molecule has 0 bridgehead atoms. The minimum atomic E-state index is -0.755. The highest BCUT2D eigenvalue weighted by Crippen LogP contribution is 2.26. The number of rotatable bonds is 52. The molecular formula is C60H110O6. The quantitative estimate of drug-likeness (QED) is 0.0262. The predicted octanol–water partition coefficient (Wildman–Crippen LogP) is 19.1. The molecule has 66 heavy (non-hydrogen) atoms. The lowest BCUT2D eigenvalue weighted by molar-refractivity contribution is -0.162. The fourth-order valence-electron chi connectivity index (χ4n) is 8.37. The van der Waals surface area contributed by atoms with Gasteiger partial charge in [-0.2, -0.15) is 0 Å². The molecular weight excluding hydrogens is 817 g/mol. The Morgan fingerprint density at radius 1 is 0.288 bits per heavy atom. The van der Waals surface area contributed by atoms with Crippen LogP contribution in [0.1, 0.15) is 304 Å². The summed E-state index contributed by atoms with van der Waals surface area (Å²) in [5, 5.41) is 0. The largest absolute Gasteiger partial charge is 0.465 e. The maximum absolute atomic E-state index is 12.9. The van der Waals surface area contributed by atoms with Gasteiger partial charge >= 0.3 is 17.9 Å². The van der Waals surface area contributed by atoms with Crippen molar-refractivity contribution in [3.8, 4) is 0 Å². The molecule has 0 saturated heterocycles. The number of carbonyl (C=O) groups is 3. The van der Waals surface area contributed by atoms with Crippen LogP contribution in [0, 0.1) is 5.41 Å². The second kappa shape index (κ2) is 52.0. The number of unbranched alkanes of at least 4 members (excludes halogenated alkanes) is 33. The summed E-state index contributed by atoms with van der Waals surface area (Å²) in [7, 11) is 0. The van der Waals surface area contributed by atoms with Crippen molar-refractivity contribution in [2.24, 2.45) is 5.41 Å². The molecule has 0 aromatic rings. The number of carbonyl (C=O) groups excluding carboxylic acids is 3. The molecule has 6 heteroatoms. The summed E-state index contributed by atoms with van der Waals surface area (Å²) < 4.78 is 17.5. The first-order valence-corrected chi connectivity index (χ1v) is 28.8. The van der Waals surface area contributed by atoms with Gasteiger partial charge in [0.05, 0.1) is 5.41 Å². The maximum atomic E-state index is 12.9. The molecule has 0 rings (SSSR count). The Bertz CT molecular complexity index is 1000. The van der Waals surface area contributed by atoms with Gasteiger partial charge in [0.2, 0.25) is 0 Å². The zero-order valence-electron chi connectivity index (χ0n) is 44.4. The zero-order chi connectivity index (χ0) is 48.1. The molecule has 6 nitrogen and oxygen atoms in total. The number of hydrogen-bond acceptors (Lipinski definition) is 6. The summed E-state index contributed by atoms with van der Waals surface area (Å²) in [6.07, 6.45) is 63.0. The maximum Gasteiger partial charge on any atom is 0.305 e. The molecule has 0 atom stereocenters. The van der Waals surface area contributed by atoms with Gasteiger partial charge < -0.3 is 14.2 Å². The van der Waals surface area contributed by atoms with Crippen molar-refractivity contribution in [1.82, 2.24) is 0 Å². The molecule has 0 heterocycles. The van der Waals surface area contributed by atoms with Gasteiger partial charge in [0.1, 0.15) is 19.8 Å². The van der Waals surface area contributed by atoms with E-state index in [9.17, 15) is 14.4 Å². The summed E-state index contributed by atoms with van der Waals surface area (Å²) in [6.45, 7) is 9.02. The average Bonchev–Trinajstić information content (AvgIpc) is 3.32. The van der Waals surface area contributed by atoms with Crippen LogP contribution in [0.15, 0.2) is 36.5 Å². The fraction of sp³-hybridized carbons (Fsp3) is 0.850. The summed E-state index contributed by atoms with van der Waals surface area (Å²) in [4.78, 5) is 38.7. The third-order valence-corrected chi connectivity index (χ3v) is 13.3. The molecule has 0 spiro atoms. The Hall–Kier alpha value is -2.37. The molecule has 0 unspecified atom stereocenters. The molecule has 0 aliphatic carbocycles. The number of ether oxygens (including phenoxy) is 3. The Kier molecular flexibility index (Phi) is 50.1. The lowest BCUT2D eigenvalue weighted by Crippen LogP contribution is -2.39. The predicted molar refractivity (Wildman–Crippen MR) is 284 cm³/mol. The average molecular weight is 928 g/mol. The molecule has 0 radical (unpaired) electrons. The highest BCUT2D eigenvalue weighted by molar-refractivity contribution is 5.70. The van der Waals surface area contributed by atoms with Crippen LogP contribution in [0.4, 0.5) is 0 Å². The summed E-state index contributed by atoms with van der Waals surface area (Å²) in [5.41, 5.74) is -0.755. The summed E-state index contributed by atoms with van der Waals surface area (Å²) in [6, 6.07) is 0. The van der Waals surface area contributed by atoms with Gasteiger partial charge in [-0.25, -0.2) is 0 Å². The fourth-order valence-corrected chi connectivity index (χ4v) is 8.37. The Morgan fingerprint density at radius 3 is 0.697 bits per heavy atom. The lowest BCUT2D eigenvalue weighted by Gasteiger charge is -2.31. The van der Waals surface area contributed by atoms with Crippen LogP contribution in [0.3, 0.4) is 0 Å². The van der Waals surface area contributed by atoms with Crippen LogP contribution in [0.2, 0.25) is 0 Å². The van der Waals surface area contributed by atoms with E-state index < -0.39 is 5.41 Å².